The van der Waals surface area contributed by atoms with Gasteiger partial charge in [-0.25, -0.2) is 0 Å². The molecule has 32 heavy (non-hydrogen) atoms. The van der Waals surface area contributed by atoms with Crippen molar-refractivity contribution >= 4 is 34.8 Å². The van der Waals surface area contributed by atoms with Gasteiger partial charge in [-0.3, -0.25) is 9.59 Å². The van der Waals surface area contributed by atoms with Gasteiger partial charge in [0.05, 0.1) is 12.6 Å². The Bertz CT molecular complexity index is 889. The van der Waals surface area contributed by atoms with Crippen LogP contribution in [0.15, 0.2) is 35.7 Å². The lowest BCUT2D eigenvalue weighted by atomic mass is 10.0. The summed E-state index contributed by atoms with van der Waals surface area (Å²) in [6.07, 6.45) is 1.45. The van der Waals surface area contributed by atoms with E-state index < -0.39 is 0 Å². The molecule has 0 saturated carbocycles. The van der Waals surface area contributed by atoms with Gasteiger partial charge in [0, 0.05) is 43.8 Å². The molecule has 1 aliphatic heterocycles. The van der Waals surface area contributed by atoms with Crippen LogP contribution >= 0.6 is 22.9 Å². The molecule has 0 saturated heterocycles. The lowest BCUT2D eigenvalue weighted by molar-refractivity contribution is -0.144. The summed E-state index contributed by atoms with van der Waals surface area (Å²) in [6, 6.07) is 9.01. The molecule has 0 radical (unpaired) electrons. The van der Waals surface area contributed by atoms with Gasteiger partial charge in [-0.15, -0.1) is 11.3 Å². The summed E-state index contributed by atoms with van der Waals surface area (Å²) < 4.78 is 16.1. The van der Waals surface area contributed by atoms with Gasteiger partial charge in [-0.1, -0.05) is 11.6 Å². The summed E-state index contributed by atoms with van der Waals surface area (Å²) in [4.78, 5) is 30.5. The molecule has 7 nitrogen and oxygen atoms in total. The first kappa shape index (κ1) is 24.5. The highest BCUT2D eigenvalue weighted by molar-refractivity contribution is 7.10. The summed E-state index contributed by atoms with van der Waals surface area (Å²) >= 11 is 7.66. The SMILES string of the molecule is COCCCN(CC(=O)N1CCc2sccc2[C@@H]1COc1ccc(Cl)cc1)C(=O)COC. The molecular formula is C23H29ClN2O5S. The molecule has 0 spiro atoms. The van der Waals surface area contributed by atoms with Crippen LogP contribution in [0.5, 0.6) is 5.75 Å². The minimum Gasteiger partial charge on any atom is -0.491 e. The van der Waals surface area contributed by atoms with Gasteiger partial charge in [0.25, 0.3) is 0 Å². The molecule has 0 aliphatic carbocycles. The van der Waals surface area contributed by atoms with Crippen molar-refractivity contribution in [3.63, 3.8) is 0 Å². The van der Waals surface area contributed by atoms with E-state index in [9.17, 15) is 9.59 Å². The Morgan fingerprint density at radius 1 is 1.19 bits per heavy atom. The molecule has 1 aromatic heterocycles. The second-order valence-electron chi connectivity index (χ2n) is 7.51. The molecule has 1 aromatic carbocycles. The molecule has 2 heterocycles. The summed E-state index contributed by atoms with van der Waals surface area (Å²) in [5, 5.41) is 2.69. The van der Waals surface area contributed by atoms with E-state index in [-0.39, 0.29) is 31.0 Å². The number of methoxy groups -OCH3 is 2. The number of hydrogen-bond donors (Lipinski definition) is 0. The predicted octanol–water partition coefficient (Wildman–Crippen LogP) is 3.42. The summed E-state index contributed by atoms with van der Waals surface area (Å²) in [5.41, 5.74) is 1.11. The summed E-state index contributed by atoms with van der Waals surface area (Å²) in [5.74, 6) is 0.383. The molecule has 1 aliphatic rings. The second kappa shape index (κ2) is 12.2. The number of thiophene rings is 1. The standard InChI is InChI=1S/C23H29ClN2O5S/c1-29-12-3-10-25(23(28)16-30-2)14-22(27)26-11-8-21-19(9-13-32-21)20(26)15-31-18-6-4-17(24)5-7-18/h4-7,9,13,20H,3,8,10-12,14-16H2,1-2H3/t20-/m0/s1. The molecule has 3 rings (SSSR count). The fraction of sp³-hybridized carbons (Fsp3) is 0.478. The smallest absolute Gasteiger partial charge is 0.249 e. The van der Waals surface area contributed by atoms with Crippen LogP contribution in [0.4, 0.5) is 0 Å². The van der Waals surface area contributed by atoms with Gasteiger partial charge in [-0.05, 0) is 54.1 Å². The predicted molar refractivity (Wildman–Crippen MR) is 124 cm³/mol. The van der Waals surface area contributed by atoms with Gasteiger partial charge in [0.15, 0.2) is 0 Å². The van der Waals surface area contributed by atoms with Gasteiger partial charge in [0.1, 0.15) is 19.0 Å². The van der Waals surface area contributed by atoms with Crippen LogP contribution in [-0.2, 0) is 25.5 Å². The lowest BCUT2D eigenvalue weighted by Gasteiger charge is -2.37. The first-order chi connectivity index (χ1) is 15.5. The van der Waals surface area contributed by atoms with Crippen LogP contribution in [0.2, 0.25) is 5.02 Å². The highest BCUT2D eigenvalue weighted by Gasteiger charge is 2.33. The maximum atomic E-state index is 13.3. The van der Waals surface area contributed by atoms with Crippen molar-refractivity contribution in [2.45, 2.75) is 18.9 Å². The van der Waals surface area contributed by atoms with Crippen LogP contribution < -0.4 is 4.74 Å². The summed E-state index contributed by atoms with van der Waals surface area (Å²) in [7, 11) is 3.09. The van der Waals surface area contributed by atoms with Crippen molar-refractivity contribution in [1.82, 2.24) is 9.80 Å². The zero-order valence-corrected chi connectivity index (χ0v) is 20.0. The maximum Gasteiger partial charge on any atom is 0.249 e. The van der Waals surface area contributed by atoms with E-state index in [1.807, 2.05) is 22.4 Å². The molecule has 0 N–H and O–H groups in total. The third-order valence-corrected chi connectivity index (χ3v) is 6.61. The van der Waals surface area contributed by atoms with E-state index in [0.717, 1.165) is 12.0 Å². The minimum absolute atomic E-state index is 0.00280. The first-order valence-electron chi connectivity index (χ1n) is 10.5. The van der Waals surface area contributed by atoms with Crippen molar-refractivity contribution in [1.29, 1.82) is 0 Å². The number of ether oxygens (including phenoxy) is 3. The Morgan fingerprint density at radius 3 is 2.69 bits per heavy atom. The van der Waals surface area contributed by atoms with Crippen LogP contribution in [0.25, 0.3) is 0 Å². The largest absolute Gasteiger partial charge is 0.491 e. The van der Waals surface area contributed by atoms with E-state index in [0.29, 0.717) is 43.5 Å². The van der Waals surface area contributed by atoms with Crippen molar-refractivity contribution in [2.75, 3.05) is 53.7 Å². The third-order valence-electron chi connectivity index (χ3n) is 5.36. The first-order valence-corrected chi connectivity index (χ1v) is 11.8. The fourth-order valence-corrected chi connectivity index (χ4v) is 4.80. The number of nitrogens with zero attached hydrogens (tertiary/aromatic N) is 2. The van der Waals surface area contributed by atoms with Crippen LogP contribution in [0, 0.1) is 0 Å². The average Bonchev–Trinajstić information content (AvgIpc) is 3.27. The van der Waals surface area contributed by atoms with Gasteiger partial charge in [0.2, 0.25) is 11.8 Å². The highest BCUT2D eigenvalue weighted by Crippen LogP contribution is 2.34. The molecule has 0 bridgehead atoms. The van der Waals surface area contributed by atoms with E-state index in [1.54, 1.807) is 35.5 Å². The molecule has 174 valence electrons. The van der Waals surface area contributed by atoms with E-state index in [4.69, 9.17) is 25.8 Å². The Hall–Kier alpha value is -2.13. The molecule has 0 unspecified atom stereocenters. The van der Waals surface area contributed by atoms with Crippen LogP contribution in [0.3, 0.4) is 0 Å². The Morgan fingerprint density at radius 2 is 1.97 bits per heavy atom. The maximum absolute atomic E-state index is 13.3. The third kappa shape index (κ3) is 6.45. The van der Waals surface area contributed by atoms with Crippen molar-refractivity contribution in [3.05, 3.63) is 51.2 Å². The van der Waals surface area contributed by atoms with E-state index >= 15 is 0 Å². The monoisotopic (exact) mass is 480 g/mol. The van der Waals surface area contributed by atoms with Crippen molar-refractivity contribution in [2.24, 2.45) is 0 Å². The van der Waals surface area contributed by atoms with E-state index in [2.05, 4.69) is 6.07 Å². The number of amides is 2. The van der Waals surface area contributed by atoms with Gasteiger partial charge in [-0.2, -0.15) is 0 Å². The average molecular weight is 481 g/mol. The number of halogens is 1. The molecule has 2 amide bonds. The normalized spacial score (nSPS) is 15.3. The van der Waals surface area contributed by atoms with Gasteiger partial charge < -0.3 is 24.0 Å². The Balaban J connectivity index is 1.72. The minimum atomic E-state index is -0.216. The second-order valence-corrected chi connectivity index (χ2v) is 8.95. The zero-order chi connectivity index (χ0) is 22.9. The fourth-order valence-electron chi connectivity index (χ4n) is 3.74. The number of carbonyl (C=O) groups excluding carboxylic acids is 2. The number of benzene rings is 1. The topological polar surface area (TPSA) is 68.3 Å². The number of hydrogen-bond acceptors (Lipinski definition) is 6. The number of carbonyl (C=O) groups is 2. The van der Waals surface area contributed by atoms with Gasteiger partial charge >= 0.3 is 0 Å². The van der Waals surface area contributed by atoms with Crippen LogP contribution in [0.1, 0.15) is 22.9 Å². The number of fused-ring (bicyclic) bond motifs is 1. The zero-order valence-electron chi connectivity index (χ0n) is 18.4. The van der Waals surface area contributed by atoms with Crippen molar-refractivity contribution in [3.8, 4) is 5.75 Å². The Labute approximate surface area is 197 Å². The lowest BCUT2D eigenvalue weighted by Crippen LogP contribution is -2.48. The quantitative estimate of drug-likeness (QED) is 0.461. The molecule has 0 fully saturated rings. The molecule has 1 atom stereocenters. The summed E-state index contributed by atoms with van der Waals surface area (Å²) in [6.45, 7) is 1.81. The molecule has 2 aromatic rings. The van der Waals surface area contributed by atoms with E-state index in [1.165, 1.54) is 12.0 Å². The Kier molecular flexibility index (Phi) is 9.35. The highest BCUT2D eigenvalue weighted by atomic mass is 35.5. The van der Waals surface area contributed by atoms with Crippen molar-refractivity contribution < 1.29 is 23.8 Å². The van der Waals surface area contributed by atoms with Crippen LogP contribution in [-0.4, -0.2) is 75.3 Å². The number of rotatable bonds is 11. The molecule has 9 heteroatoms. The molecular weight excluding hydrogens is 452 g/mol.